The molecule has 0 atom stereocenters. The summed E-state index contributed by atoms with van der Waals surface area (Å²) in [6.45, 7) is 5.05. The Morgan fingerprint density at radius 3 is 2.90 bits per heavy atom. The number of nitrogens with zero attached hydrogens (tertiary/aromatic N) is 2. The van der Waals surface area contributed by atoms with Crippen molar-refractivity contribution in [1.29, 1.82) is 0 Å². The first-order valence-corrected chi connectivity index (χ1v) is 7.17. The van der Waals surface area contributed by atoms with Gasteiger partial charge < -0.3 is 10.1 Å². The van der Waals surface area contributed by atoms with Crippen molar-refractivity contribution >= 4 is 17.5 Å². The average Bonchev–Trinajstić information content (AvgIpc) is 2.90. The van der Waals surface area contributed by atoms with E-state index >= 15 is 0 Å². The maximum Gasteiger partial charge on any atom is 0.207 e. The molecule has 0 fully saturated rings. The van der Waals surface area contributed by atoms with Gasteiger partial charge in [-0.2, -0.15) is 0 Å². The van der Waals surface area contributed by atoms with Gasteiger partial charge in [0.25, 0.3) is 0 Å². The van der Waals surface area contributed by atoms with E-state index in [0.29, 0.717) is 5.02 Å². The molecule has 0 amide bonds. The predicted molar refractivity (Wildman–Crippen MR) is 83.3 cm³/mol. The Balaban J connectivity index is 2.36. The van der Waals surface area contributed by atoms with Crippen molar-refractivity contribution in [3.05, 3.63) is 35.1 Å². The number of anilines is 1. The fourth-order valence-electron chi connectivity index (χ4n) is 2.01. The Bertz CT molecular complexity index is 580. The Morgan fingerprint density at radius 1 is 1.40 bits per heavy atom. The third kappa shape index (κ3) is 3.07. The number of hydrogen-bond acceptors (Lipinski definition) is 3. The zero-order valence-electron chi connectivity index (χ0n) is 12.1. The van der Waals surface area contributed by atoms with E-state index in [2.05, 4.69) is 17.2 Å². The van der Waals surface area contributed by atoms with Crippen LogP contribution in [-0.2, 0) is 0 Å². The average molecular weight is 294 g/mol. The molecule has 0 bridgehead atoms. The first kappa shape index (κ1) is 14.7. The zero-order valence-corrected chi connectivity index (χ0v) is 12.9. The van der Waals surface area contributed by atoms with Gasteiger partial charge in [-0.25, -0.2) is 4.98 Å². The Morgan fingerprint density at radius 2 is 2.20 bits per heavy atom. The SMILES string of the molecule is CCCCNc1nccn1-c1cc(C)c(Cl)cc1OC. The van der Waals surface area contributed by atoms with Crippen LogP contribution in [-0.4, -0.2) is 23.2 Å². The molecule has 4 nitrogen and oxygen atoms in total. The summed E-state index contributed by atoms with van der Waals surface area (Å²) in [7, 11) is 1.64. The molecule has 2 rings (SSSR count). The number of halogens is 1. The lowest BCUT2D eigenvalue weighted by molar-refractivity contribution is 0.413. The summed E-state index contributed by atoms with van der Waals surface area (Å²) in [5.41, 5.74) is 1.95. The summed E-state index contributed by atoms with van der Waals surface area (Å²) >= 11 is 6.15. The van der Waals surface area contributed by atoms with E-state index in [9.17, 15) is 0 Å². The molecule has 1 aromatic heterocycles. The molecule has 2 aromatic rings. The highest BCUT2D eigenvalue weighted by molar-refractivity contribution is 6.31. The third-order valence-corrected chi connectivity index (χ3v) is 3.58. The Labute approximate surface area is 124 Å². The molecule has 0 saturated heterocycles. The second-order valence-corrected chi connectivity index (χ2v) is 5.08. The van der Waals surface area contributed by atoms with Crippen molar-refractivity contribution in [1.82, 2.24) is 9.55 Å². The normalized spacial score (nSPS) is 10.6. The van der Waals surface area contributed by atoms with Crippen LogP contribution in [0, 0.1) is 6.92 Å². The third-order valence-electron chi connectivity index (χ3n) is 3.17. The molecule has 0 radical (unpaired) electrons. The van der Waals surface area contributed by atoms with E-state index < -0.39 is 0 Å². The van der Waals surface area contributed by atoms with Crippen LogP contribution in [0.3, 0.4) is 0 Å². The van der Waals surface area contributed by atoms with Crippen LogP contribution in [0.2, 0.25) is 5.02 Å². The second-order valence-electron chi connectivity index (χ2n) is 4.67. The van der Waals surface area contributed by atoms with Gasteiger partial charge >= 0.3 is 0 Å². The molecule has 108 valence electrons. The molecule has 0 aliphatic carbocycles. The molecule has 0 unspecified atom stereocenters. The fourth-order valence-corrected chi connectivity index (χ4v) is 2.16. The van der Waals surface area contributed by atoms with Crippen molar-refractivity contribution in [3.63, 3.8) is 0 Å². The fraction of sp³-hybridized carbons (Fsp3) is 0.400. The van der Waals surface area contributed by atoms with Crippen LogP contribution in [0.15, 0.2) is 24.5 Å². The van der Waals surface area contributed by atoms with Crippen molar-refractivity contribution in [2.75, 3.05) is 19.0 Å². The number of nitrogens with one attached hydrogen (secondary N) is 1. The van der Waals surface area contributed by atoms with Gasteiger partial charge in [0, 0.05) is 30.0 Å². The van der Waals surface area contributed by atoms with Crippen LogP contribution in [0.1, 0.15) is 25.3 Å². The quantitative estimate of drug-likeness (QED) is 0.817. The van der Waals surface area contributed by atoms with Crippen LogP contribution in [0.25, 0.3) is 5.69 Å². The molecular weight excluding hydrogens is 274 g/mol. The van der Waals surface area contributed by atoms with Gasteiger partial charge in [-0.3, -0.25) is 4.57 Å². The van der Waals surface area contributed by atoms with Gasteiger partial charge in [0.1, 0.15) is 5.75 Å². The second kappa shape index (κ2) is 6.66. The lowest BCUT2D eigenvalue weighted by atomic mass is 10.2. The molecule has 1 heterocycles. The summed E-state index contributed by atoms with van der Waals surface area (Å²) in [5.74, 6) is 1.55. The molecule has 0 saturated carbocycles. The van der Waals surface area contributed by atoms with Crippen molar-refractivity contribution < 1.29 is 4.74 Å². The molecular formula is C15H20ClN3O. The standard InChI is InChI=1S/C15H20ClN3O/c1-4-5-6-17-15-18-7-8-19(15)13-9-11(2)12(16)10-14(13)20-3/h7-10H,4-6H2,1-3H3,(H,17,18). The van der Waals surface area contributed by atoms with Gasteiger partial charge in [0.05, 0.1) is 12.8 Å². The number of imidazole rings is 1. The summed E-state index contributed by atoms with van der Waals surface area (Å²) in [5, 5.41) is 4.04. The van der Waals surface area contributed by atoms with Gasteiger partial charge in [-0.05, 0) is 25.0 Å². The largest absolute Gasteiger partial charge is 0.495 e. The Hall–Kier alpha value is -1.68. The van der Waals surface area contributed by atoms with Crippen LogP contribution < -0.4 is 10.1 Å². The van der Waals surface area contributed by atoms with Crippen LogP contribution >= 0.6 is 11.6 Å². The van der Waals surface area contributed by atoms with Crippen LogP contribution in [0.4, 0.5) is 5.95 Å². The van der Waals surface area contributed by atoms with Crippen LogP contribution in [0.5, 0.6) is 5.75 Å². The summed E-state index contributed by atoms with van der Waals surface area (Å²) in [6, 6.07) is 3.84. The molecule has 1 N–H and O–H groups in total. The number of benzene rings is 1. The maximum absolute atomic E-state index is 6.15. The monoisotopic (exact) mass is 293 g/mol. The van der Waals surface area contributed by atoms with E-state index in [1.165, 1.54) is 0 Å². The molecule has 0 spiro atoms. The summed E-state index contributed by atoms with van der Waals surface area (Å²) in [4.78, 5) is 4.36. The van der Waals surface area contributed by atoms with Crippen molar-refractivity contribution in [2.45, 2.75) is 26.7 Å². The van der Waals surface area contributed by atoms with Gasteiger partial charge in [-0.15, -0.1) is 0 Å². The van der Waals surface area contributed by atoms with E-state index in [-0.39, 0.29) is 0 Å². The summed E-state index contributed by atoms with van der Waals surface area (Å²) in [6.07, 6.45) is 5.96. The Kier molecular flexibility index (Phi) is 4.90. The van der Waals surface area contributed by atoms with Crippen molar-refractivity contribution in [3.8, 4) is 11.4 Å². The van der Waals surface area contributed by atoms with Gasteiger partial charge in [0.2, 0.25) is 5.95 Å². The zero-order chi connectivity index (χ0) is 14.5. The lowest BCUT2D eigenvalue weighted by Crippen LogP contribution is -2.08. The van der Waals surface area contributed by atoms with E-state index in [1.807, 2.05) is 29.8 Å². The first-order valence-electron chi connectivity index (χ1n) is 6.79. The number of hydrogen-bond donors (Lipinski definition) is 1. The predicted octanol–water partition coefficient (Wildman–Crippen LogP) is 4.05. The minimum absolute atomic E-state index is 0.700. The highest BCUT2D eigenvalue weighted by atomic mass is 35.5. The number of methoxy groups -OCH3 is 1. The van der Waals surface area contributed by atoms with Crippen molar-refractivity contribution in [2.24, 2.45) is 0 Å². The highest BCUT2D eigenvalue weighted by Crippen LogP contribution is 2.31. The molecule has 0 aliphatic rings. The molecule has 0 aliphatic heterocycles. The molecule has 1 aromatic carbocycles. The van der Waals surface area contributed by atoms with Gasteiger partial charge in [-0.1, -0.05) is 24.9 Å². The highest BCUT2D eigenvalue weighted by Gasteiger charge is 2.12. The summed E-state index contributed by atoms with van der Waals surface area (Å²) < 4.78 is 7.41. The van der Waals surface area contributed by atoms with E-state index in [0.717, 1.165) is 42.3 Å². The lowest BCUT2D eigenvalue weighted by Gasteiger charge is -2.14. The van der Waals surface area contributed by atoms with E-state index in [4.69, 9.17) is 16.3 Å². The van der Waals surface area contributed by atoms with E-state index in [1.54, 1.807) is 13.3 Å². The van der Waals surface area contributed by atoms with Gasteiger partial charge in [0.15, 0.2) is 0 Å². The minimum atomic E-state index is 0.700. The topological polar surface area (TPSA) is 39.1 Å². The minimum Gasteiger partial charge on any atom is -0.495 e. The number of rotatable bonds is 6. The maximum atomic E-state index is 6.15. The molecule has 20 heavy (non-hydrogen) atoms. The number of aryl methyl sites for hydroxylation is 1. The number of unbranched alkanes of at least 4 members (excludes halogenated alkanes) is 1. The first-order chi connectivity index (χ1) is 9.67. The smallest absolute Gasteiger partial charge is 0.207 e. The number of aromatic nitrogens is 2. The number of ether oxygens (including phenoxy) is 1. The molecule has 5 heteroatoms.